The lowest BCUT2D eigenvalue weighted by atomic mass is 10.1. The Morgan fingerprint density at radius 3 is 2.52 bits per heavy atom. The minimum Gasteiger partial charge on any atom is -0.355 e. The van der Waals surface area contributed by atoms with Crippen molar-refractivity contribution < 1.29 is 18.0 Å². The van der Waals surface area contributed by atoms with E-state index in [-0.39, 0.29) is 28.5 Å². The fraction of sp³-hybridized carbons (Fsp3) is 0.261. The highest BCUT2D eigenvalue weighted by molar-refractivity contribution is 7.99. The topological polar surface area (TPSA) is 131 Å². The third-order valence-electron chi connectivity index (χ3n) is 5.19. The number of nitrogens with zero attached hydrogens (tertiary/aromatic N) is 1. The summed E-state index contributed by atoms with van der Waals surface area (Å²) in [5.74, 6) is -0.102. The molecule has 2 amide bonds. The lowest BCUT2D eigenvalue weighted by molar-refractivity contribution is -0.118. The van der Waals surface area contributed by atoms with Crippen molar-refractivity contribution >= 4 is 44.5 Å². The molecule has 0 atom stereocenters. The van der Waals surface area contributed by atoms with Crippen molar-refractivity contribution in [3.63, 3.8) is 0 Å². The molecule has 1 aliphatic rings. The molecule has 4 rings (SSSR count). The fourth-order valence-electron chi connectivity index (χ4n) is 3.29. The minimum atomic E-state index is -3.72. The first-order valence-corrected chi connectivity index (χ1v) is 13.0. The molecule has 1 aliphatic carbocycles. The zero-order chi connectivity index (χ0) is 23.4. The van der Waals surface area contributed by atoms with Gasteiger partial charge in [0.1, 0.15) is 0 Å². The number of nitrogens with two attached hydrogens (primary N) is 1. The molecule has 0 unspecified atom stereocenters. The molecule has 8 nitrogen and oxygen atoms in total. The molecule has 3 aromatic rings. The summed E-state index contributed by atoms with van der Waals surface area (Å²) in [6.45, 7) is 0.411. The number of amides is 2. The second-order valence-corrected chi connectivity index (χ2v) is 10.4. The van der Waals surface area contributed by atoms with E-state index in [9.17, 15) is 18.0 Å². The maximum absolute atomic E-state index is 12.7. The van der Waals surface area contributed by atoms with E-state index in [2.05, 4.69) is 15.6 Å². The van der Waals surface area contributed by atoms with Crippen molar-refractivity contribution in [3.8, 4) is 0 Å². The van der Waals surface area contributed by atoms with Crippen LogP contribution in [-0.2, 0) is 21.2 Å². The SMILES string of the molecule is NS(=O)(=O)c1ccc(CCNC(=O)CSc2cc(C(=O)NC3CC3)c3ccccc3n2)cc1. The van der Waals surface area contributed by atoms with Crippen molar-refractivity contribution in [1.82, 2.24) is 15.6 Å². The molecule has 33 heavy (non-hydrogen) atoms. The maximum atomic E-state index is 12.7. The summed E-state index contributed by atoms with van der Waals surface area (Å²) < 4.78 is 22.6. The van der Waals surface area contributed by atoms with E-state index < -0.39 is 10.0 Å². The number of primary sulfonamides is 1. The number of carbonyl (C=O) groups excluding carboxylic acids is 2. The average Bonchev–Trinajstić information content (AvgIpc) is 3.61. The number of para-hydroxylation sites is 1. The molecule has 2 aromatic carbocycles. The van der Waals surface area contributed by atoms with Gasteiger partial charge in [-0.1, -0.05) is 42.1 Å². The quantitative estimate of drug-likeness (QED) is 0.399. The number of fused-ring (bicyclic) bond motifs is 1. The molecular formula is C23H24N4O4S2. The zero-order valence-corrected chi connectivity index (χ0v) is 19.4. The number of carbonyl (C=O) groups is 2. The summed E-state index contributed by atoms with van der Waals surface area (Å²) in [6.07, 6.45) is 2.57. The van der Waals surface area contributed by atoms with Crippen molar-refractivity contribution in [3.05, 3.63) is 65.7 Å². The van der Waals surface area contributed by atoms with Crippen LogP contribution >= 0.6 is 11.8 Å². The lowest BCUT2D eigenvalue weighted by Gasteiger charge is -2.10. The molecule has 10 heteroatoms. The van der Waals surface area contributed by atoms with Gasteiger partial charge in [-0.2, -0.15) is 0 Å². The third-order valence-corrected chi connectivity index (χ3v) is 7.03. The Balaban J connectivity index is 1.33. The summed E-state index contributed by atoms with van der Waals surface area (Å²) >= 11 is 1.28. The van der Waals surface area contributed by atoms with Gasteiger partial charge in [-0.25, -0.2) is 18.5 Å². The highest BCUT2D eigenvalue weighted by Crippen LogP contribution is 2.26. The summed E-state index contributed by atoms with van der Waals surface area (Å²) in [5.41, 5.74) is 2.17. The highest BCUT2D eigenvalue weighted by atomic mass is 32.2. The van der Waals surface area contributed by atoms with Gasteiger partial charge in [0, 0.05) is 18.0 Å². The number of sulfonamides is 1. The standard InChI is InChI=1S/C23H24N4O4S2/c24-33(30,31)17-9-5-15(6-10-17)11-12-25-21(28)14-32-22-13-19(23(29)26-16-7-8-16)18-3-1-2-4-20(18)27-22/h1-6,9-10,13,16H,7-8,11-12,14H2,(H,25,28)(H,26,29)(H2,24,30,31). The zero-order valence-electron chi connectivity index (χ0n) is 17.8. The Kier molecular flexibility index (Phi) is 6.96. The van der Waals surface area contributed by atoms with Crippen LogP contribution in [0, 0.1) is 0 Å². The van der Waals surface area contributed by atoms with Crippen LogP contribution in [0.15, 0.2) is 64.5 Å². The second kappa shape index (κ2) is 9.90. The Morgan fingerprint density at radius 2 is 1.82 bits per heavy atom. The van der Waals surface area contributed by atoms with Crippen LogP contribution in [0.5, 0.6) is 0 Å². The molecular weight excluding hydrogens is 460 g/mol. The predicted octanol–water partition coefficient (Wildman–Crippen LogP) is 2.23. The summed E-state index contributed by atoms with van der Waals surface area (Å²) in [4.78, 5) is 29.6. The van der Waals surface area contributed by atoms with E-state index in [0.29, 0.717) is 29.1 Å². The van der Waals surface area contributed by atoms with Gasteiger partial charge in [0.05, 0.1) is 26.8 Å². The first kappa shape index (κ1) is 23.2. The molecule has 1 fully saturated rings. The number of hydrogen-bond donors (Lipinski definition) is 3. The number of thioether (sulfide) groups is 1. The van der Waals surface area contributed by atoms with Crippen LogP contribution in [0.3, 0.4) is 0 Å². The number of pyridine rings is 1. The van der Waals surface area contributed by atoms with E-state index in [4.69, 9.17) is 5.14 Å². The van der Waals surface area contributed by atoms with Gasteiger partial charge in [-0.3, -0.25) is 9.59 Å². The van der Waals surface area contributed by atoms with Crippen molar-refractivity contribution in [2.24, 2.45) is 5.14 Å². The van der Waals surface area contributed by atoms with Crippen LogP contribution in [0.25, 0.3) is 10.9 Å². The van der Waals surface area contributed by atoms with Gasteiger partial charge >= 0.3 is 0 Å². The number of aromatic nitrogens is 1. The molecule has 1 aromatic heterocycles. The predicted molar refractivity (Wildman–Crippen MR) is 127 cm³/mol. The third kappa shape index (κ3) is 6.31. The molecule has 4 N–H and O–H groups in total. The maximum Gasteiger partial charge on any atom is 0.252 e. The van der Waals surface area contributed by atoms with Gasteiger partial charge in [-0.05, 0) is 49.1 Å². The monoisotopic (exact) mass is 484 g/mol. The number of benzene rings is 2. The number of rotatable bonds is 9. The number of nitrogens with one attached hydrogen (secondary N) is 2. The van der Waals surface area contributed by atoms with Crippen molar-refractivity contribution in [2.75, 3.05) is 12.3 Å². The van der Waals surface area contributed by atoms with Gasteiger partial charge in [-0.15, -0.1) is 0 Å². The molecule has 0 spiro atoms. The Labute approximate surface area is 196 Å². The van der Waals surface area contributed by atoms with E-state index >= 15 is 0 Å². The van der Waals surface area contributed by atoms with Crippen LogP contribution in [0.4, 0.5) is 0 Å². The van der Waals surface area contributed by atoms with Crippen molar-refractivity contribution in [2.45, 2.75) is 35.2 Å². The van der Waals surface area contributed by atoms with Crippen LogP contribution in [0.2, 0.25) is 0 Å². The normalized spacial score (nSPS) is 13.6. The highest BCUT2D eigenvalue weighted by Gasteiger charge is 2.25. The minimum absolute atomic E-state index is 0.0553. The molecule has 172 valence electrons. The second-order valence-electron chi connectivity index (χ2n) is 7.85. The Morgan fingerprint density at radius 1 is 1.09 bits per heavy atom. The van der Waals surface area contributed by atoms with Gasteiger partial charge < -0.3 is 10.6 Å². The fourth-order valence-corrected chi connectivity index (χ4v) is 4.55. The summed E-state index contributed by atoms with van der Waals surface area (Å²) in [7, 11) is -3.72. The van der Waals surface area contributed by atoms with E-state index in [1.54, 1.807) is 18.2 Å². The first-order valence-electron chi connectivity index (χ1n) is 10.5. The first-order chi connectivity index (χ1) is 15.8. The molecule has 1 heterocycles. The van der Waals surface area contributed by atoms with Crippen LogP contribution in [0.1, 0.15) is 28.8 Å². The van der Waals surface area contributed by atoms with Crippen LogP contribution in [-0.4, -0.2) is 43.6 Å². The molecule has 0 radical (unpaired) electrons. The Bertz CT molecular complexity index is 1290. The van der Waals surface area contributed by atoms with Crippen molar-refractivity contribution in [1.29, 1.82) is 0 Å². The molecule has 0 aliphatic heterocycles. The van der Waals surface area contributed by atoms with Crippen LogP contribution < -0.4 is 15.8 Å². The van der Waals surface area contributed by atoms with E-state index in [1.165, 1.54) is 23.9 Å². The van der Waals surface area contributed by atoms with E-state index in [0.717, 1.165) is 23.8 Å². The average molecular weight is 485 g/mol. The van der Waals surface area contributed by atoms with Gasteiger partial charge in [0.25, 0.3) is 5.91 Å². The summed E-state index contributed by atoms with van der Waals surface area (Å²) in [6, 6.07) is 15.7. The lowest BCUT2D eigenvalue weighted by Crippen LogP contribution is -2.27. The molecule has 1 saturated carbocycles. The van der Waals surface area contributed by atoms with Gasteiger partial charge in [0.15, 0.2) is 0 Å². The molecule has 0 bridgehead atoms. The Hall–Kier alpha value is -2.95. The smallest absolute Gasteiger partial charge is 0.252 e. The number of hydrogen-bond acceptors (Lipinski definition) is 6. The molecule has 0 saturated heterocycles. The van der Waals surface area contributed by atoms with Gasteiger partial charge in [0.2, 0.25) is 15.9 Å². The largest absolute Gasteiger partial charge is 0.355 e. The summed E-state index contributed by atoms with van der Waals surface area (Å²) in [5, 5.41) is 12.4. The van der Waals surface area contributed by atoms with E-state index in [1.807, 2.05) is 24.3 Å².